The number of phenols is 1. The molecule has 14 nitrogen and oxygen atoms in total. The zero-order valence-corrected chi connectivity index (χ0v) is 81.5. The number of hydrogen-bond donors (Lipinski definition) is 1. The summed E-state index contributed by atoms with van der Waals surface area (Å²) < 4.78 is 48.5. The maximum Gasteiger partial charge on any atom is 0.416 e. The standard InChI is InChI=1S/C10H14O.C9H12O.C8H9ClO.C8H7F3.C8H9NO2.2C8H10.C7H7NO2.C7H14.C6H15N.C6H14.C5H8N2.C5H12.C4H11N.C3H9N/c1-7-5-8(2)9(3)10(6-7)11-4;1-7-4-5-8(2)9(6-7)10-3;1-2-6-5-7(9)3-4-8(6)10;1-6-4-2-3-5-7(6)8(9,10)11;1-2-7-3-5-8(6-4-7)9(10)11;1-7-3-5-8(2)6-4-7;1-2-8-6-4-3-5-7-8;1-6-3-2-4-7(5-6)8(9)10;1-7-5-3-2-4-6-7;1-4-5-6-7(2)3;1-5-6(2,3)4;1-5-6-3-4-7(5)2;1-5(2,3)4;1-4-5(2)3;1-4(2)3/h5-6H,1-4H3;4-6H,1-3H3;3-5,10H,2H2,1H3;2-5H,1H3;3-6H,2H2,1H3;3-6H,1-2H3;3-7H,2H2,1H3;2-5H,1H3;7H,2-6H2,1H3;4-6H2,1-3H3;5H2,1-4H3;3-4H,1-2H3;1-4H3;4H2,1-3H3;1-3H3. The van der Waals surface area contributed by atoms with Gasteiger partial charge in [-0.15, -0.1) is 0 Å². The molecule has 0 spiro atoms. The molecule has 0 radical (unpaired) electrons. The van der Waals surface area contributed by atoms with Gasteiger partial charge in [-0.25, -0.2) is 4.98 Å². The summed E-state index contributed by atoms with van der Waals surface area (Å²) in [6.07, 6.45) is 13.7. The van der Waals surface area contributed by atoms with Crippen LogP contribution in [0.3, 0.4) is 0 Å². The molecule has 0 bridgehead atoms. The van der Waals surface area contributed by atoms with E-state index >= 15 is 0 Å². The lowest BCUT2D eigenvalue weighted by Gasteiger charge is -2.15. The van der Waals surface area contributed by atoms with E-state index < -0.39 is 16.7 Å². The van der Waals surface area contributed by atoms with Crippen LogP contribution >= 0.6 is 11.6 Å². The van der Waals surface area contributed by atoms with E-state index in [1.54, 1.807) is 68.9 Å². The van der Waals surface area contributed by atoms with E-state index in [-0.39, 0.29) is 21.9 Å². The number of nitrogens with zero attached hydrogens (tertiary/aromatic N) is 7. The summed E-state index contributed by atoms with van der Waals surface area (Å²) in [6.45, 7) is 52.7. The van der Waals surface area contributed by atoms with Gasteiger partial charge in [-0.3, -0.25) is 20.2 Å². The van der Waals surface area contributed by atoms with Gasteiger partial charge in [0, 0.05) is 48.7 Å². The molecule has 0 aliphatic heterocycles. The number of aromatic hydroxyl groups is 1. The molecule has 18 heteroatoms. The lowest BCUT2D eigenvalue weighted by molar-refractivity contribution is -0.385. The fourth-order valence-electron chi connectivity index (χ4n) is 9.03. The van der Waals surface area contributed by atoms with Crippen molar-refractivity contribution < 1.29 is 37.6 Å². The maximum atomic E-state index is 12.0. The average Bonchev–Trinajstić information content (AvgIpc) is 0.909. The van der Waals surface area contributed by atoms with Gasteiger partial charge in [-0.1, -0.05) is 280 Å². The first-order valence-corrected chi connectivity index (χ1v) is 42.4. The van der Waals surface area contributed by atoms with Crippen molar-refractivity contribution in [2.24, 2.45) is 23.8 Å². The van der Waals surface area contributed by atoms with E-state index in [0.717, 1.165) is 71.8 Å². The number of benzene rings is 8. The Hall–Kier alpha value is -8.87. The molecular weight excluding hydrogens is 1530 g/mol. The Labute approximate surface area is 733 Å². The molecule has 1 aromatic heterocycles. The minimum atomic E-state index is -4.22. The fraction of sp³-hybridized carbons (Fsp3) is 0.500. The third kappa shape index (κ3) is 72.0. The Balaban J connectivity index is -0.000000397. The quantitative estimate of drug-likeness (QED) is 0.0973. The largest absolute Gasteiger partial charge is 0.508 e. The molecule has 120 heavy (non-hydrogen) atoms. The van der Waals surface area contributed by atoms with Gasteiger partial charge in [0.05, 0.1) is 29.6 Å². The molecule has 8 aromatic carbocycles. The van der Waals surface area contributed by atoms with Crippen LogP contribution in [0.5, 0.6) is 17.2 Å². The number of halogens is 4. The van der Waals surface area contributed by atoms with E-state index in [2.05, 4.69) is 240 Å². The van der Waals surface area contributed by atoms with E-state index in [1.807, 2.05) is 96.7 Å². The Bertz CT molecular complexity index is 3920. The molecular formula is C102H161ClF3N7O7. The van der Waals surface area contributed by atoms with Gasteiger partial charge >= 0.3 is 6.18 Å². The van der Waals surface area contributed by atoms with E-state index in [0.29, 0.717) is 21.6 Å². The number of aryl methyl sites for hydroxylation is 13. The highest BCUT2D eigenvalue weighted by Crippen LogP contribution is 2.31. The monoisotopic (exact) mass is 1690 g/mol. The van der Waals surface area contributed by atoms with Crippen molar-refractivity contribution in [3.63, 3.8) is 0 Å². The van der Waals surface area contributed by atoms with Crippen molar-refractivity contribution >= 4 is 23.0 Å². The average molecular weight is 1690 g/mol. The summed E-state index contributed by atoms with van der Waals surface area (Å²) in [5.74, 6) is 4.38. The van der Waals surface area contributed by atoms with Crippen LogP contribution in [-0.4, -0.2) is 116 Å². The second kappa shape index (κ2) is 69.7. The van der Waals surface area contributed by atoms with Crippen LogP contribution in [0.1, 0.15) is 226 Å². The second-order valence-electron chi connectivity index (χ2n) is 33.3. The molecule has 9 aromatic rings. The lowest BCUT2D eigenvalue weighted by atomic mass is 9.91. The number of methoxy groups -OCH3 is 2. The molecule has 1 N–H and O–H groups in total. The number of aromatic nitrogens is 2. The molecule has 1 fully saturated rings. The van der Waals surface area contributed by atoms with Crippen molar-refractivity contribution in [2.45, 2.75) is 243 Å². The molecule has 1 heterocycles. The van der Waals surface area contributed by atoms with Gasteiger partial charge in [-0.05, 0) is 266 Å². The summed E-state index contributed by atoms with van der Waals surface area (Å²) in [6, 6.07) is 53.0. The van der Waals surface area contributed by atoms with Crippen molar-refractivity contribution in [1.82, 2.24) is 24.3 Å². The molecule has 1 saturated carbocycles. The predicted molar refractivity (Wildman–Crippen MR) is 513 cm³/mol. The second-order valence-corrected chi connectivity index (χ2v) is 33.8. The molecule has 0 atom stereocenters. The topological polar surface area (TPSA) is 153 Å². The first kappa shape index (κ1) is 120. The van der Waals surface area contributed by atoms with Crippen molar-refractivity contribution in [2.75, 3.05) is 76.6 Å². The summed E-state index contributed by atoms with van der Waals surface area (Å²) >= 11 is 5.68. The van der Waals surface area contributed by atoms with E-state index in [4.69, 9.17) is 21.1 Å². The van der Waals surface area contributed by atoms with Gasteiger partial charge in [0.15, 0.2) is 0 Å². The molecule has 0 amide bonds. The molecule has 1 aliphatic carbocycles. The molecule has 10 rings (SSSR count). The highest BCUT2D eigenvalue weighted by atomic mass is 35.5. The number of rotatable bonds is 11. The minimum absolute atomic E-state index is 0.153. The highest BCUT2D eigenvalue weighted by Gasteiger charge is 2.31. The Kier molecular flexibility index (Phi) is 69.6. The van der Waals surface area contributed by atoms with Gasteiger partial charge in [0.2, 0.25) is 0 Å². The summed E-state index contributed by atoms with van der Waals surface area (Å²) in [5.41, 5.74) is 14.3. The SMILES string of the molecule is CC(C)(C)C.CC1CCCCC1.CCC(C)(C)C.CCCCN(C)C.CCN(C)C.CCc1cc(Cl)ccc1O.CCc1ccc([N+](=O)[O-])cc1.CCc1ccccc1.CN(C)C.COc1cc(C)cc(C)c1C.COc1cc(C)ccc1C.Cc1ccc(C)cc1.Cc1cccc([N+](=O)[O-])c1.Cc1ccccc1C(F)(F)F.Cc1nccn1C. The number of ether oxygens (including phenoxy) is 2. The Morgan fingerprint density at radius 1 is 0.525 bits per heavy atom. The summed E-state index contributed by atoms with van der Waals surface area (Å²) in [4.78, 5) is 29.9. The number of imidazole rings is 1. The van der Waals surface area contributed by atoms with Gasteiger partial charge < -0.3 is 33.8 Å². The number of nitro benzene ring substituents is 2. The summed E-state index contributed by atoms with van der Waals surface area (Å²) in [5, 5.41) is 30.2. The highest BCUT2D eigenvalue weighted by molar-refractivity contribution is 6.30. The number of unbranched alkanes of at least 4 members (excludes halogenated alkanes) is 1. The lowest BCUT2D eigenvalue weighted by Crippen LogP contribution is -2.12. The zero-order valence-electron chi connectivity index (χ0n) is 80.7. The van der Waals surface area contributed by atoms with Crippen LogP contribution < -0.4 is 9.47 Å². The van der Waals surface area contributed by atoms with E-state index in [9.17, 15) is 38.5 Å². The normalized spacial score (nSPS) is 10.9. The molecule has 1 aliphatic rings. The van der Waals surface area contributed by atoms with Crippen LogP contribution in [0.15, 0.2) is 188 Å². The van der Waals surface area contributed by atoms with E-state index in [1.165, 1.54) is 140 Å². The fourth-order valence-corrected chi connectivity index (χ4v) is 9.23. The number of hydrogen-bond acceptors (Lipinski definition) is 11. The number of alkyl halides is 3. The zero-order chi connectivity index (χ0) is 93.3. The smallest absolute Gasteiger partial charge is 0.416 e. The third-order valence-corrected chi connectivity index (χ3v) is 17.5. The Morgan fingerprint density at radius 2 is 0.975 bits per heavy atom. The van der Waals surface area contributed by atoms with Crippen molar-refractivity contribution in [1.29, 1.82) is 0 Å². The number of nitro groups is 2. The minimum Gasteiger partial charge on any atom is -0.508 e. The first-order valence-electron chi connectivity index (χ1n) is 42.0. The molecule has 0 unspecified atom stereocenters. The molecule has 0 saturated heterocycles. The van der Waals surface area contributed by atoms with Gasteiger partial charge in [0.1, 0.15) is 23.1 Å². The number of non-ortho nitro benzene ring substituents is 2. The van der Waals surface area contributed by atoms with Crippen LogP contribution in [0, 0.1) is 106 Å². The third-order valence-electron chi connectivity index (χ3n) is 17.3. The van der Waals surface area contributed by atoms with Crippen LogP contribution in [0.4, 0.5) is 24.5 Å². The number of phenolic OH excluding ortho intramolecular Hbond substituents is 1. The maximum absolute atomic E-state index is 12.0. The molecule has 674 valence electrons. The van der Waals surface area contributed by atoms with Crippen LogP contribution in [0.2, 0.25) is 5.02 Å². The predicted octanol–water partition coefficient (Wildman–Crippen LogP) is 29.1. The van der Waals surface area contributed by atoms with Gasteiger partial charge in [-0.2, -0.15) is 13.2 Å². The van der Waals surface area contributed by atoms with Crippen molar-refractivity contribution in [3.8, 4) is 17.2 Å². The van der Waals surface area contributed by atoms with Gasteiger partial charge in [0.25, 0.3) is 11.4 Å². The van der Waals surface area contributed by atoms with Crippen LogP contribution in [0.25, 0.3) is 0 Å². The first-order chi connectivity index (χ1) is 55.8. The van der Waals surface area contributed by atoms with Crippen molar-refractivity contribution in [3.05, 3.63) is 292 Å². The Morgan fingerprint density at radius 3 is 1.28 bits per heavy atom. The van der Waals surface area contributed by atoms with Crippen LogP contribution in [-0.2, 0) is 32.5 Å². The summed E-state index contributed by atoms with van der Waals surface area (Å²) in [7, 11) is 19.7.